The minimum Gasteiger partial charge on any atom is -0.377 e. The van der Waals surface area contributed by atoms with Gasteiger partial charge in [-0.25, -0.2) is 8.78 Å². The number of hydrogen-bond acceptors (Lipinski definition) is 2. The van der Waals surface area contributed by atoms with Gasteiger partial charge in [-0.05, 0) is 37.3 Å². The molecule has 1 unspecified atom stereocenters. The summed E-state index contributed by atoms with van der Waals surface area (Å²) in [4.78, 5) is 3.97. The number of nitrogens with zero attached hydrogens (tertiary/aromatic N) is 1. The molecule has 0 aliphatic carbocycles. The van der Waals surface area contributed by atoms with Crippen LogP contribution in [0, 0.1) is 11.6 Å². The predicted molar refractivity (Wildman–Crippen MR) is 67.6 cm³/mol. The number of halogens is 3. The van der Waals surface area contributed by atoms with Gasteiger partial charge in [0.2, 0.25) is 0 Å². The van der Waals surface area contributed by atoms with Crippen LogP contribution in [0.15, 0.2) is 36.5 Å². The first kappa shape index (κ1) is 12.8. The van der Waals surface area contributed by atoms with Crippen LogP contribution in [0.4, 0.5) is 14.5 Å². The summed E-state index contributed by atoms with van der Waals surface area (Å²) in [6.07, 6.45) is 1.16. The summed E-state index contributed by atoms with van der Waals surface area (Å²) < 4.78 is 25.7. The first-order valence-corrected chi connectivity index (χ1v) is 5.77. The van der Waals surface area contributed by atoms with E-state index in [9.17, 15) is 8.78 Å². The summed E-state index contributed by atoms with van der Waals surface area (Å²) in [6, 6.07) is 7.18. The molecule has 0 aliphatic rings. The van der Waals surface area contributed by atoms with Crippen molar-refractivity contribution < 1.29 is 8.78 Å². The third kappa shape index (κ3) is 2.96. The zero-order valence-corrected chi connectivity index (χ0v) is 10.4. The molecule has 1 aromatic heterocycles. The van der Waals surface area contributed by atoms with Crippen molar-refractivity contribution in [3.05, 3.63) is 58.9 Å². The van der Waals surface area contributed by atoms with Crippen LogP contribution in [0.25, 0.3) is 0 Å². The van der Waals surface area contributed by atoms with E-state index in [4.69, 9.17) is 11.6 Å². The van der Waals surface area contributed by atoms with Crippen LogP contribution < -0.4 is 5.32 Å². The Morgan fingerprint density at radius 3 is 2.61 bits per heavy atom. The van der Waals surface area contributed by atoms with E-state index in [1.165, 1.54) is 18.2 Å². The molecule has 0 saturated heterocycles. The Kier molecular flexibility index (Phi) is 3.77. The van der Waals surface area contributed by atoms with Gasteiger partial charge in [-0.1, -0.05) is 11.6 Å². The van der Waals surface area contributed by atoms with E-state index in [-0.39, 0.29) is 16.9 Å². The monoisotopic (exact) mass is 268 g/mol. The van der Waals surface area contributed by atoms with Crippen molar-refractivity contribution in [1.82, 2.24) is 4.98 Å². The molecule has 2 nitrogen and oxygen atoms in total. The largest absolute Gasteiger partial charge is 0.377 e. The van der Waals surface area contributed by atoms with E-state index in [2.05, 4.69) is 10.3 Å². The normalized spacial score (nSPS) is 12.2. The second-order valence-electron chi connectivity index (χ2n) is 3.90. The number of benzene rings is 1. The fourth-order valence-electron chi connectivity index (χ4n) is 1.55. The van der Waals surface area contributed by atoms with Crippen LogP contribution in [0.1, 0.15) is 18.7 Å². The van der Waals surface area contributed by atoms with Gasteiger partial charge < -0.3 is 5.32 Å². The summed E-state index contributed by atoms with van der Waals surface area (Å²) in [5.41, 5.74) is 1.37. The average molecular weight is 269 g/mol. The molecule has 1 aromatic carbocycles. The molecular weight excluding hydrogens is 258 g/mol. The molecule has 0 spiro atoms. The van der Waals surface area contributed by atoms with Gasteiger partial charge in [-0.15, -0.1) is 0 Å². The zero-order valence-electron chi connectivity index (χ0n) is 9.62. The van der Waals surface area contributed by atoms with Gasteiger partial charge in [-0.2, -0.15) is 0 Å². The molecule has 0 aliphatic heterocycles. The van der Waals surface area contributed by atoms with Crippen LogP contribution in [-0.2, 0) is 0 Å². The number of pyridine rings is 1. The lowest BCUT2D eigenvalue weighted by molar-refractivity contribution is 0.617. The maximum atomic E-state index is 13.0. The molecule has 0 fully saturated rings. The van der Waals surface area contributed by atoms with E-state index in [0.717, 1.165) is 6.20 Å². The standard InChI is InChI=1S/C13H11ClF2N2/c1-8(13-5-2-9(15)7-17-13)18-10-3-4-12(16)11(14)6-10/h2-8,18H,1H3. The lowest BCUT2D eigenvalue weighted by Crippen LogP contribution is -2.08. The lowest BCUT2D eigenvalue weighted by Gasteiger charge is -2.15. The highest BCUT2D eigenvalue weighted by Crippen LogP contribution is 2.23. The zero-order chi connectivity index (χ0) is 13.1. The molecule has 0 radical (unpaired) electrons. The van der Waals surface area contributed by atoms with Crippen LogP contribution in [-0.4, -0.2) is 4.98 Å². The third-order valence-corrected chi connectivity index (χ3v) is 2.79. The van der Waals surface area contributed by atoms with Gasteiger partial charge in [0, 0.05) is 5.69 Å². The second kappa shape index (κ2) is 5.31. The van der Waals surface area contributed by atoms with E-state index in [0.29, 0.717) is 11.4 Å². The maximum Gasteiger partial charge on any atom is 0.141 e. The van der Waals surface area contributed by atoms with E-state index in [1.807, 2.05) is 6.92 Å². The Bertz CT molecular complexity index is 543. The van der Waals surface area contributed by atoms with Crippen molar-refractivity contribution in [2.45, 2.75) is 13.0 Å². The number of nitrogens with one attached hydrogen (secondary N) is 1. The highest BCUT2D eigenvalue weighted by molar-refractivity contribution is 6.31. The summed E-state index contributed by atoms with van der Waals surface area (Å²) >= 11 is 5.68. The van der Waals surface area contributed by atoms with Gasteiger partial charge in [0.25, 0.3) is 0 Å². The third-order valence-electron chi connectivity index (χ3n) is 2.50. The highest BCUT2D eigenvalue weighted by atomic mass is 35.5. The van der Waals surface area contributed by atoms with Crippen LogP contribution >= 0.6 is 11.6 Å². The number of aromatic nitrogens is 1. The summed E-state index contributed by atoms with van der Waals surface area (Å²) in [6.45, 7) is 1.87. The summed E-state index contributed by atoms with van der Waals surface area (Å²) in [7, 11) is 0. The summed E-state index contributed by atoms with van der Waals surface area (Å²) in [5.74, 6) is -0.842. The number of anilines is 1. The van der Waals surface area contributed by atoms with Crippen molar-refractivity contribution in [2.75, 3.05) is 5.32 Å². The lowest BCUT2D eigenvalue weighted by atomic mass is 10.2. The minimum absolute atomic E-state index is 0.0549. The molecule has 1 heterocycles. The molecule has 94 valence electrons. The van der Waals surface area contributed by atoms with Crippen molar-refractivity contribution in [3.63, 3.8) is 0 Å². The molecule has 5 heteroatoms. The first-order valence-electron chi connectivity index (χ1n) is 5.39. The molecule has 1 N–H and O–H groups in total. The van der Waals surface area contributed by atoms with E-state index >= 15 is 0 Å². The van der Waals surface area contributed by atoms with Crippen molar-refractivity contribution in [3.8, 4) is 0 Å². The Hall–Kier alpha value is -1.68. The van der Waals surface area contributed by atoms with Crippen LogP contribution in [0.3, 0.4) is 0 Å². The Morgan fingerprint density at radius 2 is 2.00 bits per heavy atom. The van der Waals surface area contributed by atoms with Gasteiger partial charge in [0.05, 0.1) is 23.0 Å². The summed E-state index contributed by atoms with van der Waals surface area (Å²) in [5, 5.41) is 3.16. The molecule has 0 saturated carbocycles. The van der Waals surface area contributed by atoms with Crippen molar-refractivity contribution >= 4 is 17.3 Å². The van der Waals surface area contributed by atoms with Crippen LogP contribution in [0.2, 0.25) is 5.02 Å². The second-order valence-corrected chi connectivity index (χ2v) is 4.30. The molecular formula is C13H11ClF2N2. The molecule has 1 atom stereocenters. The van der Waals surface area contributed by atoms with E-state index in [1.54, 1.807) is 12.1 Å². The molecule has 0 amide bonds. The fourth-order valence-corrected chi connectivity index (χ4v) is 1.73. The van der Waals surface area contributed by atoms with Gasteiger partial charge >= 0.3 is 0 Å². The smallest absolute Gasteiger partial charge is 0.141 e. The Balaban J connectivity index is 2.13. The number of rotatable bonds is 3. The quantitative estimate of drug-likeness (QED) is 0.903. The SMILES string of the molecule is CC(Nc1ccc(F)c(Cl)c1)c1ccc(F)cn1. The Labute approximate surface area is 109 Å². The van der Waals surface area contributed by atoms with Crippen molar-refractivity contribution in [2.24, 2.45) is 0 Å². The molecule has 2 rings (SSSR count). The molecule has 2 aromatic rings. The topological polar surface area (TPSA) is 24.9 Å². The average Bonchev–Trinajstić information content (AvgIpc) is 2.34. The van der Waals surface area contributed by atoms with Gasteiger partial charge in [-0.3, -0.25) is 4.98 Å². The van der Waals surface area contributed by atoms with E-state index < -0.39 is 5.82 Å². The number of hydrogen-bond donors (Lipinski definition) is 1. The Morgan fingerprint density at radius 1 is 1.22 bits per heavy atom. The van der Waals surface area contributed by atoms with Gasteiger partial charge in [0.15, 0.2) is 0 Å². The predicted octanol–water partition coefficient (Wildman–Crippen LogP) is 4.19. The highest BCUT2D eigenvalue weighted by Gasteiger charge is 2.08. The van der Waals surface area contributed by atoms with Gasteiger partial charge in [0.1, 0.15) is 11.6 Å². The molecule has 0 bridgehead atoms. The maximum absolute atomic E-state index is 13.0. The molecule has 18 heavy (non-hydrogen) atoms. The first-order chi connectivity index (χ1) is 8.56. The van der Waals surface area contributed by atoms with Crippen LogP contribution in [0.5, 0.6) is 0 Å². The van der Waals surface area contributed by atoms with Crippen molar-refractivity contribution in [1.29, 1.82) is 0 Å². The minimum atomic E-state index is -0.463. The fraction of sp³-hybridized carbons (Fsp3) is 0.154.